The predicted molar refractivity (Wildman–Crippen MR) is 70.8 cm³/mol. The monoisotopic (exact) mass is 273 g/mol. The molecular formula is C13H23NO5. The molecule has 0 aliphatic heterocycles. The first kappa shape index (κ1) is 17.4. The lowest BCUT2D eigenvalue weighted by atomic mass is 10.1. The van der Waals surface area contributed by atoms with Crippen molar-refractivity contribution >= 4 is 12.1 Å². The number of carboxylic acid groups (broad SMARTS) is 1. The Morgan fingerprint density at radius 2 is 1.89 bits per heavy atom. The van der Waals surface area contributed by atoms with Gasteiger partial charge in [0.15, 0.2) is 0 Å². The van der Waals surface area contributed by atoms with E-state index in [1.807, 2.05) is 0 Å². The standard InChI is InChI=1S/C13H23NO5/c1-9(15)10(7-5-6-8-11(16)17)14-12(18)19-13(2,3)4/h5-6,9-10,15H,7-8H2,1-4H3,(H,14,18)(H,16,17)/b6-5+. The highest BCUT2D eigenvalue weighted by molar-refractivity contribution is 5.69. The molecule has 110 valence electrons. The summed E-state index contributed by atoms with van der Waals surface area (Å²) in [5, 5.41) is 20.6. The van der Waals surface area contributed by atoms with Gasteiger partial charge < -0.3 is 20.3 Å². The zero-order chi connectivity index (χ0) is 15.1. The molecule has 0 heterocycles. The third-order valence-electron chi connectivity index (χ3n) is 2.13. The molecule has 2 atom stereocenters. The van der Waals surface area contributed by atoms with Crippen LogP contribution >= 0.6 is 0 Å². The molecule has 0 aliphatic carbocycles. The first-order chi connectivity index (χ1) is 8.61. The van der Waals surface area contributed by atoms with Crippen molar-refractivity contribution in [2.24, 2.45) is 0 Å². The second kappa shape index (κ2) is 7.78. The molecule has 2 unspecified atom stereocenters. The van der Waals surface area contributed by atoms with Crippen molar-refractivity contribution in [2.45, 2.75) is 58.3 Å². The third-order valence-corrected chi connectivity index (χ3v) is 2.13. The van der Waals surface area contributed by atoms with Crippen LogP contribution in [0.5, 0.6) is 0 Å². The smallest absolute Gasteiger partial charge is 0.407 e. The van der Waals surface area contributed by atoms with Gasteiger partial charge in [0, 0.05) is 0 Å². The van der Waals surface area contributed by atoms with Gasteiger partial charge >= 0.3 is 12.1 Å². The van der Waals surface area contributed by atoms with Crippen LogP contribution in [-0.4, -0.2) is 40.0 Å². The number of aliphatic carboxylic acids is 1. The van der Waals surface area contributed by atoms with Crippen LogP contribution < -0.4 is 5.32 Å². The van der Waals surface area contributed by atoms with Crippen molar-refractivity contribution in [1.82, 2.24) is 5.32 Å². The van der Waals surface area contributed by atoms with Crippen LogP contribution in [0.15, 0.2) is 12.2 Å². The van der Waals surface area contributed by atoms with E-state index < -0.39 is 29.8 Å². The Hall–Kier alpha value is -1.56. The normalized spacial score (nSPS) is 15.0. The van der Waals surface area contributed by atoms with Crippen LogP contribution in [0.25, 0.3) is 0 Å². The molecule has 0 aromatic rings. The average Bonchev–Trinajstić information content (AvgIpc) is 2.19. The number of amides is 1. The summed E-state index contributed by atoms with van der Waals surface area (Å²) in [7, 11) is 0. The zero-order valence-corrected chi connectivity index (χ0v) is 11.8. The van der Waals surface area contributed by atoms with Crippen LogP contribution in [-0.2, 0) is 9.53 Å². The Morgan fingerprint density at radius 3 is 2.32 bits per heavy atom. The lowest BCUT2D eigenvalue weighted by molar-refractivity contribution is -0.136. The van der Waals surface area contributed by atoms with Crippen LogP contribution in [0, 0.1) is 0 Å². The van der Waals surface area contributed by atoms with E-state index in [4.69, 9.17) is 9.84 Å². The van der Waals surface area contributed by atoms with Gasteiger partial charge in [0.1, 0.15) is 5.60 Å². The highest BCUT2D eigenvalue weighted by atomic mass is 16.6. The van der Waals surface area contributed by atoms with Crippen molar-refractivity contribution in [3.8, 4) is 0 Å². The maximum atomic E-state index is 11.6. The van der Waals surface area contributed by atoms with Crippen LogP contribution in [0.2, 0.25) is 0 Å². The summed E-state index contributed by atoms with van der Waals surface area (Å²) in [6.07, 6.45) is 1.98. The maximum Gasteiger partial charge on any atom is 0.407 e. The minimum Gasteiger partial charge on any atom is -0.481 e. The number of nitrogens with one attached hydrogen (secondary N) is 1. The molecule has 0 aliphatic rings. The number of hydrogen-bond acceptors (Lipinski definition) is 4. The molecule has 0 fully saturated rings. The first-order valence-electron chi connectivity index (χ1n) is 6.16. The lowest BCUT2D eigenvalue weighted by Gasteiger charge is -2.24. The summed E-state index contributed by atoms with van der Waals surface area (Å²) in [5.74, 6) is -0.926. The molecule has 0 aromatic heterocycles. The van der Waals surface area contributed by atoms with E-state index >= 15 is 0 Å². The maximum absolute atomic E-state index is 11.6. The number of hydrogen-bond donors (Lipinski definition) is 3. The van der Waals surface area contributed by atoms with Crippen molar-refractivity contribution < 1.29 is 24.5 Å². The van der Waals surface area contributed by atoms with E-state index in [9.17, 15) is 14.7 Å². The molecule has 0 saturated heterocycles. The van der Waals surface area contributed by atoms with Gasteiger partial charge in [0.2, 0.25) is 0 Å². The van der Waals surface area contributed by atoms with Gasteiger partial charge in [0.25, 0.3) is 0 Å². The van der Waals surface area contributed by atoms with Gasteiger partial charge in [-0.15, -0.1) is 0 Å². The molecule has 6 nitrogen and oxygen atoms in total. The molecule has 0 rings (SSSR count). The summed E-state index contributed by atoms with van der Waals surface area (Å²) in [4.78, 5) is 21.9. The highest BCUT2D eigenvalue weighted by Crippen LogP contribution is 2.08. The van der Waals surface area contributed by atoms with Crippen LogP contribution in [0.3, 0.4) is 0 Å². The Bertz CT molecular complexity index is 330. The van der Waals surface area contributed by atoms with E-state index in [1.54, 1.807) is 33.8 Å². The molecule has 6 heteroatoms. The van der Waals surface area contributed by atoms with Gasteiger partial charge in [-0.1, -0.05) is 12.2 Å². The fraction of sp³-hybridized carbons (Fsp3) is 0.692. The number of carboxylic acids is 1. The number of carbonyl (C=O) groups excluding carboxylic acids is 1. The van der Waals surface area contributed by atoms with Gasteiger partial charge in [0.05, 0.1) is 18.6 Å². The van der Waals surface area contributed by atoms with Crippen LogP contribution in [0.4, 0.5) is 4.79 Å². The summed E-state index contributed by atoms with van der Waals surface area (Å²) in [5.41, 5.74) is -0.605. The van der Waals surface area contributed by atoms with Crippen molar-refractivity contribution in [3.05, 3.63) is 12.2 Å². The molecule has 3 N–H and O–H groups in total. The molecule has 0 saturated carbocycles. The fourth-order valence-corrected chi connectivity index (χ4v) is 1.26. The number of aliphatic hydroxyl groups is 1. The minimum absolute atomic E-state index is 0.0844. The Morgan fingerprint density at radius 1 is 1.32 bits per heavy atom. The van der Waals surface area contributed by atoms with E-state index in [1.165, 1.54) is 6.08 Å². The van der Waals surface area contributed by atoms with E-state index in [-0.39, 0.29) is 6.42 Å². The quantitative estimate of drug-likeness (QED) is 0.640. The molecule has 0 bridgehead atoms. The van der Waals surface area contributed by atoms with Crippen molar-refractivity contribution in [3.63, 3.8) is 0 Å². The first-order valence-corrected chi connectivity index (χ1v) is 6.16. The molecule has 0 aromatic carbocycles. The SMILES string of the molecule is CC(O)C(C/C=C/CC(=O)O)NC(=O)OC(C)(C)C. The summed E-state index contributed by atoms with van der Waals surface area (Å²) >= 11 is 0. The second-order valence-corrected chi connectivity index (χ2v) is 5.30. The second-order valence-electron chi connectivity index (χ2n) is 5.30. The van der Waals surface area contributed by atoms with Gasteiger partial charge in [-0.2, -0.15) is 0 Å². The summed E-state index contributed by atoms with van der Waals surface area (Å²) < 4.78 is 5.08. The molecule has 0 spiro atoms. The topological polar surface area (TPSA) is 95.9 Å². The largest absolute Gasteiger partial charge is 0.481 e. The van der Waals surface area contributed by atoms with E-state index in [0.29, 0.717) is 6.42 Å². The van der Waals surface area contributed by atoms with Gasteiger partial charge in [-0.3, -0.25) is 4.79 Å². The van der Waals surface area contributed by atoms with Gasteiger partial charge in [-0.25, -0.2) is 4.79 Å². The Kier molecular flexibility index (Phi) is 7.14. The number of alkyl carbamates (subject to hydrolysis) is 1. The van der Waals surface area contributed by atoms with Crippen LogP contribution in [0.1, 0.15) is 40.5 Å². The molecule has 0 radical (unpaired) electrons. The fourth-order valence-electron chi connectivity index (χ4n) is 1.26. The molecule has 1 amide bonds. The highest BCUT2D eigenvalue weighted by Gasteiger charge is 2.21. The lowest BCUT2D eigenvalue weighted by Crippen LogP contribution is -2.44. The van der Waals surface area contributed by atoms with Crippen molar-refractivity contribution in [1.29, 1.82) is 0 Å². The average molecular weight is 273 g/mol. The summed E-state index contributed by atoms with van der Waals surface area (Å²) in [6.45, 7) is 6.79. The zero-order valence-electron chi connectivity index (χ0n) is 11.8. The third kappa shape index (κ3) is 10.1. The number of ether oxygens (including phenoxy) is 1. The van der Waals surface area contributed by atoms with Crippen molar-refractivity contribution in [2.75, 3.05) is 0 Å². The predicted octanol–water partition coefficient (Wildman–Crippen LogP) is 1.68. The number of carbonyl (C=O) groups is 2. The summed E-state index contributed by atoms with van der Waals surface area (Å²) in [6, 6.07) is -0.514. The number of rotatable bonds is 6. The van der Waals surface area contributed by atoms with E-state index in [0.717, 1.165) is 0 Å². The minimum atomic E-state index is -0.926. The Labute approximate surface area is 113 Å². The van der Waals surface area contributed by atoms with Gasteiger partial charge in [-0.05, 0) is 34.1 Å². The van der Waals surface area contributed by atoms with E-state index in [2.05, 4.69) is 5.32 Å². The molecular weight excluding hydrogens is 250 g/mol. The number of aliphatic hydroxyl groups excluding tert-OH is 1. The molecule has 19 heavy (non-hydrogen) atoms. The Balaban J connectivity index is 4.30.